The van der Waals surface area contributed by atoms with E-state index in [0.717, 1.165) is 48.5 Å². The quantitative estimate of drug-likeness (QED) is 0.0875. The summed E-state index contributed by atoms with van der Waals surface area (Å²) in [6.07, 6.45) is 6.43. The van der Waals surface area contributed by atoms with Crippen LogP contribution >= 0.6 is 12.1 Å². The molecule has 0 radical (unpaired) electrons. The number of nitrogens with two attached hydrogens (primary N) is 1. The van der Waals surface area contributed by atoms with E-state index in [-0.39, 0.29) is 0 Å². The van der Waals surface area contributed by atoms with Crippen molar-refractivity contribution in [3.63, 3.8) is 0 Å². The summed E-state index contributed by atoms with van der Waals surface area (Å²) in [5.41, 5.74) is 8.07. The maximum atomic E-state index is 9.43. The van der Waals surface area contributed by atoms with Crippen molar-refractivity contribution in [3.05, 3.63) is 72.0 Å². The standard InChI is InChI=1S/C10H13N3S.C9H14O.C4H10.C3H7NO.C2H7N/c1-9(13-14-11-2)12-8-10-6-4-3-5-7-10;1-4-6-9(5-2)8(3)7-10;1-4(2)3;1-4(2)3-5;1-2-3/h3-7H,2,8H2,1H3,(H,12,13);4,6-7,10H,1,5H2,2-3H3;4H,1-3H3;3H,1-2H3;2-3H2,1H3/b;8-7+,9-6-;;;. The number of aliphatic hydroxyl groups is 1. The summed E-state index contributed by atoms with van der Waals surface area (Å²) in [6.45, 7) is 22.6. The molecule has 0 aliphatic heterocycles. The summed E-state index contributed by atoms with van der Waals surface area (Å²) in [4.78, 5) is 15.2. The van der Waals surface area contributed by atoms with E-state index in [1.807, 2.05) is 52.0 Å². The monoisotopic (exact) mass is 521 g/mol. The Morgan fingerprint density at radius 2 is 1.67 bits per heavy atom. The highest BCUT2D eigenvalue weighted by Gasteiger charge is 1.93. The molecule has 1 amide bonds. The molecule has 1 aromatic rings. The number of benzene rings is 1. The molecule has 7 nitrogen and oxygen atoms in total. The molecule has 1 rings (SSSR count). The first-order chi connectivity index (χ1) is 17.0. The van der Waals surface area contributed by atoms with Gasteiger partial charge in [0.25, 0.3) is 0 Å². The summed E-state index contributed by atoms with van der Waals surface area (Å²) >= 11 is 1.18. The van der Waals surface area contributed by atoms with Crippen LogP contribution in [0.1, 0.15) is 60.5 Å². The van der Waals surface area contributed by atoms with Crippen molar-refractivity contribution in [2.45, 2.75) is 61.4 Å². The number of hydrogen-bond donors (Lipinski definition) is 3. The zero-order valence-corrected chi connectivity index (χ0v) is 24.8. The number of aliphatic hydroxyl groups excluding tert-OH is 1. The Bertz CT molecular complexity index is 728. The van der Waals surface area contributed by atoms with Crippen LogP contribution in [0.5, 0.6) is 0 Å². The number of aliphatic imine (C=N–C) groups is 1. The van der Waals surface area contributed by atoms with Gasteiger partial charge in [0, 0.05) is 20.8 Å². The van der Waals surface area contributed by atoms with E-state index in [9.17, 15) is 4.79 Å². The number of hydrogen-bond acceptors (Lipinski definition) is 6. The van der Waals surface area contributed by atoms with E-state index in [1.54, 1.807) is 20.2 Å². The predicted octanol–water partition coefficient (Wildman–Crippen LogP) is 6.76. The molecule has 0 heterocycles. The molecule has 36 heavy (non-hydrogen) atoms. The fraction of sp³-hybridized carbons (Fsp3) is 0.464. The fourth-order valence-corrected chi connectivity index (χ4v) is 1.94. The number of amidine groups is 1. The molecule has 0 aromatic heterocycles. The maximum Gasteiger partial charge on any atom is 0.209 e. The first-order valence-corrected chi connectivity index (χ1v) is 12.7. The number of rotatable bonds is 8. The van der Waals surface area contributed by atoms with E-state index in [2.05, 4.69) is 60.3 Å². The van der Waals surface area contributed by atoms with Gasteiger partial charge in [-0.25, -0.2) is 4.40 Å². The third kappa shape index (κ3) is 38.4. The molecular weight excluding hydrogens is 470 g/mol. The lowest BCUT2D eigenvalue weighted by atomic mass is 10.1. The number of nitrogens with zero attached hydrogens (tertiary/aromatic N) is 3. The highest BCUT2D eigenvalue weighted by molar-refractivity contribution is 7.96. The summed E-state index contributed by atoms with van der Waals surface area (Å²) in [6, 6.07) is 10.1. The molecule has 0 fully saturated rings. The molecule has 1 aromatic carbocycles. The fourth-order valence-electron chi connectivity index (χ4n) is 1.68. The van der Waals surface area contributed by atoms with Crippen LogP contribution in [0.2, 0.25) is 0 Å². The third-order valence-corrected chi connectivity index (χ3v) is 3.73. The first kappa shape index (κ1) is 40.3. The number of carbonyl (C=O) groups is 1. The Balaban J connectivity index is -0.000000203. The number of carbonyl (C=O) groups excluding carboxylic acids is 1. The Morgan fingerprint density at radius 3 is 2.00 bits per heavy atom. The van der Waals surface area contributed by atoms with Gasteiger partial charge in [-0.15, -0.1) is 0 Å². The molecule has 0 spiro atoms. The molecule has 0 saturated carbocycles. The average molecular weight is 522 g/mol. The maximum absolute atomic E-state index is 9.43. The number of nitrogens with one attached hydrogen (secondary N) is 1. The van der Waals surface area contributed by atoms with E-state index in [1.165, 1.54) is 22.6 Å². The van der Waals surface area contributed by atoms with Gasteiger partial charge in [-0.2, -0.15) is 0 Å². The normalized spacial score (nSPS) is 10.5. The van der Waals surface area contributed by atoms with Crippen molar-refractivity contribution in [1.29, 1.82) is 0 Å². The van der Waals surface area contributed by atoms with Gasteiger partial charge in [-0.1, -0.05) is 83.7 Å². The Kier molecular flexibility index (Phi) is 36.0. The Labute approximate surface area is 225 Å². The van der Waals surface area contributed by atoms with Gasteiger partial charge in [0.1, 0.15) is 5.84 Å². The smallest absolute Gasteiger partial charge is 0.209 e. The highest BCUT2D eigenvalue weighted by atomic mass is 32.2. The van der Waals surface area contributed by atoms with Crippen LogP contribution in [-0.4, -0.2) is 49.6 Å². The minimum absolute atomic E-state index is 0.692. The Hall–Kier alpha value is -2.84. The van der Waals surface area contributed by atoms with Gasteiger partial charge in [-0.3, -0.25) is 14.5 Å². The lowest BCUT2D eigenvalue weighted by Gasteiger charge is -2.00. The molecule has 4 N–H and O–H groups in total. The number of allylic oxidation sites excluding steroid dienone is 4. The third-order valence-electron chi connectivity index (χ3n) is 3.21. The van der Waals surface area contributed by atoms with Gasteiger partial charge < -0.3 is 15.7 Å². The minimum Gasteiger partial charge on any atom is -0.515 e. The minimum atomic E-state index is 0.692. The topological polar surface area (TPSA) is 103 Å². The van der Waals surface area contributed by atoms with Gasteiger partial charge in [0.05, 0.1) is 24.9 Å². The van der Waals surface area contributed by atoms with Crippen LogP contribution in [0.3, 0.4) is 0 Å². The molecule has 206 valence electrons. The van der Waals surface area contributed by atoms with Crippen molar-refractivity contribution in [1.82, 2.24) is 9.62 Å². The van der Waals surface area contributed by atoms with Crippen LogP contribution in [0.25, 0.3) is 0 Å². The zero-order chi connectivity index (χ0) is 28.8. The molecule has 8 heteroatoms. The second kappa shape index (κ2) is 32.2. The second-order valence-corrected chi connectivity index (χ2v) is 8.66. The summed E-state index contributed by atoms with van der Waals surface area (Å²) in [5.74, 6) is 1.69. The molecular formula is C28H51N5O2S. The van der Waals surface area contributed by atoms with E-state index < -0.39 is 0 Å². The van der Waals surface area contributed by atoms with Gasteiger partial charge in [0.2, 0.25) is 6.41 Å². The van der Waals surface area contributed by atoms with Crippen LogP contribution in [0.15, 0.2) is 75.9 Å². The molecule has 0 aliphatic carbocycles. The second-order valence-electron chi connectivity index (χ2n) is 8.01. The van der Waals surface area contributed by atoms with Crippen LogP contribution in [0.4, 0.5) is 0 Å². The van der Waals surface area contributed by atoms with Gasteiger partial charge in [-0.05, 0) is 49.4 Å². The van der Waals surface area contributed by atoms with E-state index in [4.69, 9.17) is 10.8 Å². The lowest BCUT2D eigenvalue weighted by molar-refractivity contribution is -0.115. The lowest BCUT2D eigenvalue weighted by Crippen LogP contribution is -2.10. The van der Waals surface area contributed by atoms with Crippen molar-refractivity contribution in [2.75, 3.05) is 20.6 Å². The average Bonchev–Trinajstić information content (AvgIpc) is 2.85. The van der Waals surface area contributed by atoms with Crippen molar-refractivity contribution < 1.29 is 9.90 Å². The molecule has 0 unspecified atom stereocenters. The summed E-state index contributed by atoms with van der Waals surface area (Å²) < 4.78 is 6.55. The zero-order valence-electron chi connectivity index (χ0n) is 24.0. The number of amides is 1. The molecule has 0 saturated heterocycles. The Morgan fingerprint density at radius 1 is 1.19 bits per heavy atom. The predicted molar refractivity (Wildman–Crippen MR) is 163 cm³/mol. The van der Waals surface area contributed by atoms with Crippen LogP contribution < -0.4 is 10.5 Å². The van der Waals surface area contributed by atoms with E-state index >= 15 is 0 Å². The van der Waals surface area contributed by atoms with Gasteiger partial charge >= 0.3 is 0 Å². The van der Waals surface area contributed by atoms with Crippen molar-refractivity contribution in [2.24, 2.45) is 21.0 Å². The molecule has 0 atom stereocenters. The van der Waals surface area contributed by atoms with Crippen molar-refractivity contribution >= 4 is 31.1 Å². The summed E-state index contributed by atoms with van der Waals surface area (Å²) in [5, 5.41) is 8.63. The largest absolute Gasteiger partial charge is 0.515 e. The van der Waals surface area contributed by atoms with Gasteiger partial charge in [0.15, 0.2) is 0 Å². The SMILES string of the molecule is C=C/C=C(CC)\C(C)=C\O.C=NSNC(C)=NCc1ccccc1.CC(C)C.CCN.CN(C)C=O. The van der Waals surface area contributed by atoms with E-state index in [0.29, 0.717) is 6.54 Å². The molecule has 0 bridgehead atoms. The molecule has 0 aliphatic rings. The van der Waals surface area contributed by atoms with Crippen LogP contribution in [0, 0.1) is 5.92 Å². The first-order valence-electron chi connectivity index (χ1n) is 11.9. The summed E-state index contributed by atoms with van der Waals surface area (Å²) in [7, 11) is 3.38. The van der Waals surface area contributed by atoms with Crippen molar-refractivity contribution in [3.8, 4) is 0 Å². The highest BCUT2D eigenvalue weighted by Crippen LogP contribution is 2.11. The van der Waals surface area contributed by atoms with Crippen LogP contribution in [-0.2, 0) is 11.3 Å².